The molecule has 1 saturated heterocycles. The monoisotopic (exact) mass is 324 g/mol. The van der Waals surface area contributed by atoms with Crippen molar-refractivity contribution in [1.29, 1.82) is 0 Å². The van der Waals surface area contributed by atoms with Crippen molar-refractivity contribution in [3.8, 4) is 5.75 Å². The highest BCUT2D eigenvalue weighted by atomic mass is 16.5. The Hall–Kier alpha value is -2.33. The lowest BCUT2D eigenvalue weighted by Gasteiger charge is -2.38. The molecule has 0 radical (unpaired) electrons. The number of hydrogen-bond donors (Lipinski definition) is 2. The quantitative estimate of drug-likeness (QED) is 0.889. The van der Waals surface area contributed by atoms with Crippen LogP contribution in [0.1, 0.15) is 28.8 Å². The summed E-state index contributed by atoms with van der Waals surface area (Å²) in [4.78, 5) is 12.6. The Morgan fingerprint density at radius 3 is 2.46 bits per heavy atom. The molecule has 1 amide bonds. The van der Waals surface area contributed by atoms with Crippen molar-refractivity contribution < 1.29 is 9.53 Å². The number of rotatable bonds is 5. The molecule has 3 rings (SSSR count). The lowest BCUT2D eigenvalue weighted by Crippen LogP contribution is -2.47. The minimum atomic E-state index is -0.0821. The van der Waals surface area contributed by atoms with Gasteiger partial charge in [0.05, 0.1) is 12.7 Å². The van der Waals surface area contributed by atoms with Gasteiger partial charge in [0.25, 0.3) is 5.91 Å². The molecule has 1 aliphatic heterocycles. The van der Waals surface area contributed by atoms with Gasteiger partial charge in [-0.15, -0.1) is 0 Å². The highest BCUT2D eigenvalue weighted by Crippen LogP contribution is 2.33. The van der Waals surface area contributed by atoms with E-state index in [1.165, 1.54) is 5.56 Å². The average molecular weight is 324 g/mol. The van der Waals surface area contributed by atoms with E-state index in [1.807, 2.05) is 24.3 Å². The van der Waals surface area contributed by atoms with Crippen LogP contribution in [0.15, 0.2) is 54.6 Å². The Bertz CT molecular complexity index is 679. The van der Waals surface area contributed by atoms with E-state index in [9.17, 15) is 4.79 Å². The molecule has 0 bridgehead atoms. The first-order valence-corrected chi connectivity index (χ1v) is 8.43. The first kappa shape index (κ1) is 16.5. The number of piperidine rings is 1. The van der Waals surface area contributed by atoms with Crippen LogP contribution in [0, 0.1) is 0 Å². The van der Waals surface area contributed by atoms with Gasteiger partial charge in [-0.05, 0) is 43.6 Å². The fourth-order valence-corrected chi connectivity index (χ4v) is 3.44. The van der Waals surface area contributed by atoms with Crippen LogP contribution >= 0.6 is 0 Å². The molecule has 1 aliphatic rings. The van der Waals surface area contributed by atoms with Gasteiger partial charge in [-0.3, -0.25) is 4.79 Å². The maximum absolute atomic E-state index is 12.6. The van der Waals surface area contributed by atoms with Crippen LogP contribution in [0.5, 0.6) is 5.75 Å². The topological polar surface area (TPSA) is 50.4 Å². The molecule has 2 N–H and O–H groups in total. The zero-order chi connectivity index (χ0) is 16.8. The van der Waals surface area contributed by atoms with E-state index in [1.54, 1.807) is 13.2 Å². The van der Waals surface area contributed by atoms with Crippen molar-refractivity contribution in [2.75, 3.05) is 26.7 Å². The van der Waals surface area contributed by atoms with Gasteiger partial charge in [0.1, 0.15) is 5.75 Å². The molecule has 0 spiro atoms. The number of carbonyl (C=O) groups excluding carboxylic acids is 1. The van der Waals surface area contributed by atoms with Crippen molar-refractivity contribution in [3.63, 3.8) is 0 Å². The van der Waals surface area contributed by atoms with Gasteiger partial charge in [0.15, 0.2) is 0 Å². The smallest absolute Gasteiger partial charge is 0.255 e. The standard InChI is InChI=1S/C20H24N2O2/c1-24-18-10-6-5-9-17(18)19(23)22-15-20(11-13-21-14-12-20)16-7-3-2-4-8-16/h2-10,21H,11-15H2,1H3,(H,22,23). The van der Waals surface area contributed by atoms with E-state index in [2.05, 4.69) is 34.9 Å². The number of hydrogen-bond acceptors (Lipinski definition) is 3. The SMILES string of the molecule is COc1ccccc1C(=O)NCC1(c2ccccc2)CCNCC1. The normalized spacial score (nSPS) is 16.4. The molecule has 4 nitrogen and oxygen atoms in total. The van der Waals surface area contributed by atoms with Crippen LogP contribution in [-0.2, 0) is 5.41 Å². The molecule has 4 heteroatoms. The van der Waals surface area contributed by atoms with E-state index in [4.69, 9.17) is 4.74 Å². The van der Waals surface area contributed by atoms with Crippen molar-refractivity contribution >= 4 is 5.91 Å². The summed E-state index contributed by atoms with van der Waals surface area (Å²) in [6, 6.07) is 17.8. The number of benzene rings is 2. The van der Waals surface area contributed by atoms with Crippen LogP contribution in [0.4, 0.5) is 0 Å². The van der Waals surface area contributed by atoms with Gasteiger partial charge in [-0.1, -0.05) is 42.5 Å². The molecular weight excluding hydrogens is 300 g/mol. The van der Waals surface area contributed by atoms with Crippen LogP contribution in [0.3, 0.4) is 0 Å². The predicted octanol–water partition coefficient (Wildman–Crippen LogP) is 2.75. The number of para-hydroxylation sites is 1. The lowest BCUT2D eigenvalue weighted by molar-refractivity contribution is 0.0935. The van der Waals surface area contributed by atoms with Gasteiger partial charge in [-0.2, -0.15) is 0 Å². The predicted molar refractivity (Wildman–Crippen MR) is 95.6 cm³/mol. The third kappa shape index (κ3) is 3.44. The van der Waals surface area contributed by atoms with E-state index in [-0.39, 0.29) is 11.3 Å². The van der Waals surface area contributed by atoms with Gasteiger partial charge in [0, 0.05) is 12.0 Å². The molecule has 1 fully saturated rings. The van der Waals surface area contributed by atoms with E-state index in [0.717, 1.165) is 25.9 Å². The minimum absolute atomic E-state index is 0.00974. The maximum atomic E-state index is 12.6. The van der Waals surface area contributed by atoms with Crippen molar-refractivity contribution in [3.05, 3.63) is 65.7 Å². The second-order valence-corrected chi connectivity index (χ2v) is 6.28. The second-order valence-electron chi connectivity index (χ2n) is 6.28. The first-order chi connectivity index (χ1) is 11.7. The fourth-order valence-electron chi connectivity index (χ4n) is 3.44. The lowest BCUT2D eigenvalue weighted by atomic mass is 9.73. The van der Waals surface area contributed by atoms with E-state index in [0.29, 0.717) is 17.9 Å². The summed E-state index contributed by atoms with van der Waals surface area (Å²) < 4.78 is 5.30. The second kappa shape index (κ2) is 7.49. The number of ether oxygens (including phenoxy) is 1. The summed E-state index contributed by atoms with van der Waals surface area (Å²) >= 11 is 0. The van der Waals surface area contributed by atoms with Crippen LogP contribution in [0.2, 0.25) is 0 Å². The zero-order valence-electron chi connectivity index (χ0n) is 14.0. The summed E-state index contributed by atoms with van der Waals surface area (Å²) in [5.41, 5.74) is 1.87. The molecule has 24 heavy (non-hydrogen) atoms. The highest BCUT2D eigenvalue weighted by Gasteiger charge is 2.34. The Balaban J connectivity index is 1.78. The van der Waals surface area contributed by atoms with Crippen molar-refractivity contribution in [1.82, 2.24) is 10.6 Å². The molecule has 126 valence electrons. The van der Waals surface area contributed by atoms with Gasteiger partial charge in [0.2, 0.25) is 0 Å². The molecule has 0 saturated carbocycles. The molecule has 2 aromatic rings. The molecule has 0 atom stereocenters. The molecule has 0 aliphatic carbocycles. The Morgan fingerprint density at radius 2 is 1.75 bits per heavy atom. The van der Waals surface area contributed by atoms with E-state index < -0.39 is 0 Å². The Kier molecular flexibility index (Phi) is 5.16. The fraction of sp³-hybridized carbons (Fsp3) is 0.350. The number of carbonyl (C=O) groups is 1. The summed E-state index contributed by atoms with van der Waals surface area (Å²) in [6.07, 6.45) is 2.03. The van der Waals surface area contributed by atoms with Crippen LogP contribution < -0.4 is 15.4 Å². The minimum Gasteiger partial charge on any atom is -0.496 e. The first-order valence-electron chi connectivity index (χ1n) is 8.43. The van der Waals surface area contributed by atoms with Gasteiger partial charge in [-0.25, -0.2) is 0 Å². The summed E-state index contributed by atoms with van der Waals surface area (Å²) in [5, 5.41) is 6.55. The molecule has 1 heterocycles. The van der Waals surface area contributed by atoms with E-state index >= 15 is 0 Å². The third-order valence-electron chi connectivity index (χ3n) is 4.89. The molecular formula is C20H24N2O2. The number of amides is 1. The Morgan fingerprint density at radius 1 is 1.08 bits per heavy atom. The number of nitrogens with one attached hydrogen (secondary N) is 2. The van der Waals surface area contributed by atoms with Crippen molar-refractivity contribution in [2.45, 2.75) is 18.3 Å². The summed E-state index contributed by atoms with van der Waals surface area (Å²) in [6.45, 7) is 2.58. The molecule has 0 unspecified atom stereocenters. The highest BCUT2D eigenvalue weighted by molar-refractivity contribution is 5.96. The van der Waals surface area contributed by atoms with Crippen molar-refractivity contribution in [2.24, 2.45) is 0 Å². The van der Waals surface area contributed by atoms with Crippen LogP contribution in [0.25, 0.3) is 0 Å². The maximum Gasteiger partial charge on any atom is 0.255 e. The zero-order valence-corrected chi connectivity index (χ0v) is 14.0. The third-order valence-corrected chi connectivity index (χ3v) is 4.89. The summed E-state index contributed by atoms with van der Waals surface area (Å²) in [7, 11) is 1.59. The summed E-state index contributed by atoms with van der Waals surface area (Å²) in [5.74, 6) is 0.523. The van der Waals surface area contributed by atoms with Gasteiger partial charge >= 0.3 is 0 Å². The van der Waals surface area contributed by atoms with Gasteiger partial charge < -0.3 is 15.4 Å². The molecule has 0 aromatic heterocycles. The largest absolute Gasteiger partial charge is 0.496 e. The Labute approximate surface area is 143 Å². The average Bonchev–Trinajstić information content (AvgIpc) is 2.67. The molecule has 2 aromatic carbocycles. The number of methoxy groups -OCH3 is 1. The van der Waals surface area contributed by atoms with Crippen LogP contribution in [-0.4, -0.2) is 32.7 Å².